The van der Waals surface area contributed by atoms with Crippen molar-refractivity contribution >= 4 is 11.8 Å². The molecule has 1 aliphatic heterocycles. The van der Waals surface area contributed by atoms with Crippen LogP contribution < -0.4 is 5.32 Å². The normalized spacial score (nSPS) is 16.2. The van der Waals surface area contributed by atoms with Crippen molar-refractivity contribution in [3.05, 3.63) is 24.0 Å². The van der Waals surface area contributed by atoms with Gasteiger partial charge in [-0.05, 0) is 18.9 Å². The molecular formula is C13H17N3O3. The van der Waals surface area contributed by atoms with Crippen LogP contribution in [0.4, 0.5) is 0 Å². The molecule has 6 nitrogen and oxygen atoms in total. The predicted molar refractivity (Wildman–Crippen MR) is 68.6 cm³/mol. The highest BCUT2D eigenvalue weighted by molar-refractivity contribution is 5.96. The fourth-order valence-corrected chi connectivity index (χ4v) is 2.29. The van der Waals surface area contributed by atoms with Crippen molar-refractivity contribution in [2.24, 2.45) is 5.92 Å². The first-order valence-electron chi connectivity index (χ1n) is 6.27. The van der Waals surface area contributed by atoms with Crippen molar-refractivity contribution in [2.75, 3.05) is 20.1 Å². The number of hydrogen-bond acceptors (Lipinski definition) is 4. The summed E-state index contributed by atoms with van der Waals surface area (Å²) in [6.45, 7) is 1.05. The molecule has 0 atom stereocenters. The molecule has 1 aromatic rings. The fourth-order valence-electron chi connectivity index (χ4n) is 2.29. The van der Waals surface area contributed by atoms with Crippen LogP contribution in [0.5, 0.6) is 5.75 Å². The van der Waals surface area contributed by atoms with Gasteiger partial charge >= 0.3 is 0 Å². The molecule has 2 amide bonds. The van der Waals surface area contributed by atoms with Gasteiger partial charge < -0.3 is 15.3 Å². The number of amides is 2. The number of hydrogen-bond donors (Lipinski definition) is 2. The molecule has 0 saturated carbocycles. The number of nitrogens with one attached hydrogen (secondary N) is 1. The lowest BCUT2D eigenvalue weighted by molar-refractivity contribution is -0.125. The summed E-state index contributed by atoms with van der Waals surface area (Å²) in [4.78, 5) is 29.1. The maximum Gasteiger partial charge on any atom is 0.257 e. The third kappa shape index (κ3) is 2.83. The number of pyridine rings is 1. The number of rotatable bonds is 2. The maximum absolute atomic E-state index is 12.2. The van der Waals surface area contributed by atoms with Crippen molar-refractivity contribution in [3.8, 4) is 5.75 Å². The number of carbonyl (C=O) groups is 2. The zero-order valence-corrected chi connectivity index (χ0v) is 10.8. The van der Waals surface area contributed by atoms with Crippen molar-refractivity contribution in [2.45, 2.75) is 12.8 Å². The average Bonchev–Trinajstić information content (AvgIpc) is 2.46. The van der Waals surface area contributed by atoms with E-state index >= 15 is 0 Å². The molecule has 0 aliphatic carbocycles. The van der Waals surface area contributed by atoms with Crippen molar-refractivity contribution in [1.82, 2.24) is 15.2 Å². The highest BCUT2D eigenvalue weighted by Gasteiger charge is 2.28. The Hall–Kier alpha value is -2.11. The number of likely N-dealkylation sites (tertiary alicyclic amines) is 1. The maximum atomic E-state index is 12.2. The Labute approximate surface area is 111 Å². The summed E-state index contributed by atoms with van der Waals surface area (Å²) in [6.07, 6.45) is 4.03. The summed E-state index contributed by atoms with van der Waals surface area (Å²) >= 11 is 0. The third-order valence-electron chi connectivity index (χ3n) is 3.43. The van der Waals surface area contributed by atoms with E-state index in [0.29, 0.717) is 25.9 Å². The van der Waals surface area contributed by atoms with Gasteiger partial charge in [0.1, 0.15) is 5.75 Å². The highest BCUT2D eigenvalue weighted by atomic mass is 16.3. The van der Waals surface area contributed by atoms with Gasteiger partial charge in [0.25, 0.3) is 5.91 Å². The second kappa shape index (κ2) is 5.69. The van der Waals surface area contributed by atoms with E-state index in [1.54, 1.807) is 11.9 Å². The lowest BCUT2D eigenvalue weighted by Crippen LogP contribution is -2.42. The van der Waals surface area contributed by atoms with Gasteiger partial charge in [0.2, 0.25) is 5.91 Å². The van der Waals surface area contributed by atoms with E-state index in [0.717, 1.165) is 0 Å². The Kier molecular flexibility index (Phi) is 3.99. The van der Waals surface area contributed by atoms with Crippen LogP contribution in [0.1, 0.15) is 23.2 Å². The lowest BCUT2D eigenvalue weighted by atomic mass is 9.95. The summed E-state index contributed by atoms with van der Waals surface area (Å²) in [5.74, 6) is -0.324. The van der Waals surface area contributed by atoms with Crippen LogP contribution in [0.2, 0.25) is 0 Å². The number of nitrogens with zero attached hydrogens (tertiary/aromatic N) is 2. The molecule has 0 bridgehead atoms. The van der Waals surface area contributed by atoms with E-state index < -0.39 is 0 Å². The summed E-state index contributed by atoms with van der Waals surface area (Å²) in [5.41, 5.74) is 0.258. The minimum Gasteiger partial charge on any atom is -0.505 e. The number of aromatic hydroxyl groups is 1. The first kappa shape index (κ1) is 13.3. The Morgan fingerprint density at radius 2 is 2.11 bits per heavy atom. The molecule has 0 aromatic carbocycles. The van der Waals surface area contributed by atoms with Gasteiger partial charge in [-0.15, -0.1) is 0 Å². The molecule has 2 rings (SSSR count). The van der Waals surface area contributed by atoms with Crippen LogP contribution >= 0.6 is 0 Å². The van der Waals surface area contributed by atoms with E-state index in [1.807, 2.05) is 0 Å². The molecule has 0 radical (unpaired) electrons. The summed E-state index contributed by atoms with van der Waals surface area (Å²) in [7, 11) is 1.62. The van der Waals surface area contributed by atoms with Gasteiger partial charge in [-0.1, -0.05) is 0 Å². The van der Waals surface area contributed by atoms with Gasteiger partial charge in [0, 0.05) is 32.3 Å². The Morgan fingerprint density at radius 3 is 2.68 bits per heavy atom. The standard InChI is InChI=1S/C13H17N3O3/c1-14-12(18)9-3-6-16(7-4-9)13(19)10-2-5-15-8-11(10)17/h2,5,8-9,17H,3-4,6-7H2,1H3,(H,14,18). The molecule has 1 aromatic heterocycles. The number of aromatic nitrogens is 1. The zero-order valence-electron chi connectivity index (χ0n) is 10.8. The largest absolute Gasteiger partial charge is 0.505 e. The first-order valence-corrected chi connectivity index (χ1v) is 6.27. The van der Waals surface area contributed by atoms with Gasteiger partial charge in [-0.25, -0.2) is 0 Å². The van der Waals surface area contributed by atoms with E-state index in [1.165, 1.54) is 18.5 Å². The van der Waals surface area contributed by atoms with Crippen molar-refractivity contribution in [3.63, 3.8) is 0 Å². The molecule has 102 valence electrons. The van der Waals surface area contributed by atoms with Crippen molar-refractivity contribution < 1.29 is 14.7 Å². The van der Waals surface area contributed by atoms with Crippen molar-refractivity contribution in [1.29, 1.82) is 0 Å². The minimum atomic E-state index is -0.213. The Bertz CT molecular complexity index is 482. The van der Waals surface area contributed by atoms with Crippen LogP contribution in [-0.4, -0.2) is 46.9 Å². The topological polar surface area (TPSA) is 82.5 Å². The molecule has 1 saturated heterocycles. The summed E-state index contributed by atoms with van der Waals surface area (Å²) in [5, 5.41) is 12.2. The molecule has 0 unspecified atom stereocenters. The van der Waals surface area contributed by atoms with E-state index in [2.05, 4.69) is 10.3 Å². The van der Waals surface area contributed by atoms with E-state index in [-0.39, 0.29) is 29.0 Å². The smallest absolute Gasteiger partial charge is 0.257 e. The van der Waals surface area contributed by atoms with E-state index in [4.69, 9.17) is 0 Å². The highest BCUT2D eigenvalue weighted by Crippen LogP contribution is 2.22. The quantitative estimate of drug-likeness (QED) is 0.808. The number of piperidine rings is 1. The van der Waals surface area contributed by atoms with Crippen LogP contribution in [0, 0.1) is 5.92 Å². The second-order valence-electron chi connectivity index (χ2n) is 4.57. The Morgan fingerprint density at radius 1 is 1.42 bits per heavy atom. The second-order valence-corrected chi connectivity index (χ2v) is 4.57. The van der Waals surface area contributed by atoms with Crippen LogP contribution in [0.15, 0.2) is 18.5 Å². The predicted octanol–water partition coefficient (Wildman–Crippen LogP) is 0.385. The molecule has 6 heteroatoms. The van der Waals surface area contributed by atoms with Gasteiger partial charge in [-0.2, -0.15) is 0 Å². The Balaban J connectivity index is 2.00. The molecule has 19 heavy (non-hydrogen) atoms. The SMILES string of the molecule is CNC(=O)C1CCN(C(=O)c2ccncc2O)CC1. The average molecular weight is 263 g/mol. The first-order chi connectivity index (χ1) is 9.13. The molecular weight excluding hydrogens is 246 g/mol. The van der Waals surface area contributed by atoms with Crippen LogP contribution in [0.3, 0.4) is 0 Å². The molecule has 1 aliphatic rings. The molecule has 1 fully saturated rings. The summed E-state index contributed by atoms with van der Waals surface area (Å²) < 4.78 is 0. The molecule has 2 heterocycles. The minimum absolute atomic E-state index is 0.0267. The van der Waals surface area contributed by atoms with Gasteiger partial charge in [-0.3, -0.25) is 14.6 Å². The fraction of sp³-hybridized carbons (Fsp3) is 0.462. The van der Waals surface area contributed by atoms with Crippen LogP contribution in [-0.2, 0) is 4.79 Å². The van der Waals surface area contributed by atoms with Gasteiger partial charge in [0.05, 0.1) is 11.8 Å². The summed E-state index contributed by atoms with van der Waals surface area (Å²) in [6, 6.07) is 1.50. The van der Waals surface area contributed by atoms with Gasteiger partial charge in [0.15, 0.2) is 0 Å². The zero-order chi connectivity index (χ0) is 13.8. The lowest BCUT2D eigenvalue weighted by Gasteiger charge is -2.31. The molecule has 2 N–H and O–H groups in total. The third-order valence-corrected chi connectivity index (χ3v) is 3.43. The monoisotopic (exact) mass is 263 g/mol. The van der Waals surface area contributed by atoms with Crippen LogP contribution in [0.25, 0.3) is 0 Å². The number of carbonyl (C=O) groups excluding carboxylic acids is 2. The molecule has 0 spiro atoms. The van der Waals surface area contributed by atoms with E-state index in [9.17, 15) is 14.7 Å².